The van der Waals surface area contributed by atoms with Crippen molar-refractivity contribution in [1.82, 2.24) is 0 Å². The lowest BCUT2D eigenvalue weighted by atomic mass is 9.75. The predicted octanol–water partition coefficient (Wildman–Crippen LogP) is 5.81. The molecular weight excluding hydrogens is 341 g/mol. The number of carbonyl (C=O) groups excluding carboxylic acids is 1. The van der Waals surface area contributed by atoms with Crippen molar-refractivity contribution < 1.29 is 22.7 Å². The first-order valence-corrected chi connectivity index (χ1v) is 9.54. The van der Waals surface area contributed by atoms with E-state index in [4.69, 9.17) is 4.74 Å². The van der Waals surface area contributed by atoms with Gasteiger partial charge in [0.15, 0.2) is 0 Å². The fraction of sp³-hybridized carbons (Fsp3) is 0.667. The van der Waals surface area contributed by atoms with Gasteiger partial charge in [0.05, 0.1) is 11.5 Å². The maximum atomic E-state index is 12.7. The number of rotatable bonds is 4. The van der Waals surface area contributed by atoms with Gasteiger partial charge in [-0.3, -0.25) is 4.79 Å². The SMILES string of the molecule is CC(C)[C@H]1CC[C@H](C)C[C@@H]1OC(=O)C1CC1c1ccc(C(F)(F)F)cc1. The molecule has 0 spiro atoms. The first-order chi connectivity index (χ1) is 12.2. The third-order valence-corrected chi connectivity index (χ3v) is 5.99. The van der Waals surface area contributed by atoms with Crippen LogP contribution in [-0.4, -0.2) is 12.1 Å². The zero-order valence-corrected chi connectivity index (χ0v) is 15.6. The van der Waals surface area contributed by atoms with Crippen LogP contribution in [0.5, 0.6) is 0 Å². The van der Waals surface area contributed by atoms with Gasteiger partial charge < -0.3 is 4.74 Å². The summed E-state index contributed by atoms with van der Waals surface area (Å²) in [6.45, 7) is 6.53. The van der Waals surface area contributed by atoms with Gasteiger partial charge in [0.1, 0.15) is 6.10 Å². The summed E-state index contributed by atoms with van der Waals surface area (Å²) in [5, 5.41) is 0. The van der Waals surface area contributed by atoms with Crippen molar-refractivity contribution in [2.24, 2.45) is 23.7 Å². The van der Waals surface area contributed by atoms with Crippen LogP contribution < -0.4 is 0 Å². The Labute approximate surface area is 153 Å². The molecule has 0 aliphatic heterocycles. The van der Waals surface area contributed by atoms with E-state index < -0.39 is 11.7 Å². The van der Waals surface area contributed by atoms with Gasteiger partial charge in [-0.25, -0.2) is 0 Å². The Balaban J connectivity index is 1.60. The van der Waals surface area contributed by atoms with E-state index in [2.05, 4.69) is 20.8 Å². The summed E-state index contributed by atoms with van der Waals surface area (Å²) in [6.07, 6.45) is -0.520. The summed E-state index contributed by atoms with van der Waals surface area (Å²) in [7, 11) is 0. The molecule has 0 amide bonds. The minimum Gasteiger partial charge on any atom is -0.462 e. The Morgan fingerprint density at radius 1 is 1.12 bits per heavy atom. The van der Waals surface area contributed by atoms with Crippen molar-refractivity contribution in [1.29, 1.82) is 0 Å². The van der Waals surface area contributed by atoms with Gasteiger partial charge in [0.2, 0.25) is 0 Å². The zero-order chi connectivity index (χ0) is 19.1. The van der Waals surface area contributed by atoms with Crippen LogP contribution >= 0.6 is 0 Å². The van der Waals surface area contributed by atoms with E-state index in [1.165, 1.54) is 18.6 Å². The Hall–Kier alpha value is -1.52. The summed E-state index contributed by atoms with van der Waals surface area (Å²) >= 11 is 0. The molecular formula is C21H27F3O2. The molecule has 1 aromatic carbocycles. The van der Waals surface area contributed by atoms with Crippen molar-refractivity contribution in [3.63, 3.8) is 0 Å². The monoisotopic (exact) mass is 368 g/mol. The maximum Gasteiger partial charge on any atom is 0.416 e. The van der Waals surface area contributed by atoms with Gasteiger partial charge in [-0.1, -0.05) is 39.3 Å². The summed E-state index contributed by atoms with van der Waals surface area (Å²) in [5.74, 6) is 1.04. The minimum atomic E-state index is -4.33. The lowest BCUT2D eigenvalue weighted by molar-refractivity contribution is -0.157. The van der Waals surface area contributed by atoms with Gasteiger partial charge >= 0.3 is 12.1 Å². The molecule has 2 fully saturated rings. The van der Waals surface area contributed by atoms with Crippen molar-refractivity contribution in [3.8, 4) is 0 Å². The smallest absolute Gasteiger partial charge is 0.416 e. The van der Waals surface area contributed by atoms with Crippen LogP contribution in [0.1, 0.15) is 63.5 Å². The largest absolute Gasteiger partial charge is 0.462 e. The number of ether oxygens (including phenoxy) is 1. The van der Waals surface area contributed by atoms with Gasteiger partial charge in [-0.05, 0) is 60.6 Å². The first-order valence-electron chi connectivity index (χ1n) is 9.54. The highest BCUT2D eigenvalue weighted by Crippen LogP contribution is 2.49. The Morgan fingerprint density at radius 3 is 2.35 bits per heavy atom. The summed E-state index contributed by atoms with van der Waals surface area (Å²) in [4.78, 5) is 12.6. The fourth-order valence-electron chi connectivity index (χ4n) is 4.23. The molecule has 0 bridgehead atoms. The van der Waals surface area contributed by atoms with Crippen molar-refractivity contribution >= 4 is 5.97 Å². The van der Waals surface area contributed by atoms with E-state index in [1.807, 2.05) is 0 Å². The molecule has 0 heterocycles. The third-order valence-electron chi connectivity index (χ3n) is 5.99. The second kappa shape index (κ2) is 7.24. The molecule has 2 nitrogen and oxygen atoms in total. The quantitative estimate of drug-likeness (QED) is 0.627. The van der Waals surface area contributed by atoms with Crippen molar-refractivity contribution in [2.75, 3.05) is 0 Å². The normalized spacial score (nSPS) is 31.7. The molecule has 0 aromatic heterocycles. The van der Waals surface area contributed by atoms with E-state index in [0.29, 0.717) is 24.2 Å². The zero-order valence-electron chi connectivity index (χ0n) is 15.6. The third kappa shape index (κ3) is 4.24. The van der Waals surface area contributed by atoms with Crippen molar-refractivity contribution in [3.05, 3.63) is 35.4 Å². The Kier molecular flexibility index (Phi) is 5.36. The number of hydrogen-bond acceptors (Lipinski definition) is 2. The predicted molar refractivity (Wildman–Crippen MR) is 93.5 cm³/mol. The topological polar surface area (TPSA) is 26.3 Å². The molecule has 5 atom stereocenters. The van der Waals surface area contributed by atoms with Gasteiger partial charge in [0, 0.05) is 0 Å². The summed E-state index contributed by atoms with van der Waals surface area (Å²) in [5.41, 5.74) is 0.134. The number of benzene rings is 1. The molecule has 2 unspecified atom stereocenters. The second-order valence-corrected chi connectivity index (χ2v) is 8.37. The molecule has 2 aliphatic rings. The molecule has 2 saturated carbocycles. The molecule has 3 rings (SSSR count). The standard InChI is InChI=1S/C21H27F3O2/c1-12(2)16-9-4-13(3)10-19(16)26-20(25)18-11-17(18)14-5-7-15(8-6-14)21(22,23)24/h5-8,12-13,16-19H,4,9-11H2,1-3H3/t13-,16+,17?,18?,19-/m0/s1. The molecule has 2 aliphatic carbocycles. The lowest BCUT2D eigenvalue weighted by Gasteiger charge is -2.36. The van der Waals surface area contributed by atoms with Crippen LogP contribution in [0, 0.1) is 23.7 Å². The van der Waals surface area contributed by atoms with Crippen LogP contribution in [0.4, 0.5) is 13.2 Å². The highest BCUT2D eigenvalue weighted by Gasteiger charge is 2.47. The molecule has 0 N–H and O–H groups in total. The number of halogens is 3. The molecule has 26 heavy (non-hydrogen) atoms. The van der Waals surface area contributed by atoms with Gasteiger partial charge in [0.25, 0.3) is 0 Å². The van der Waals surface area contributed by atoms with Crippen molar-refractivity contribution in [2.45, 2.75) is 64.7 Å². The van der Waals surface area contributed by atoms with E-state index in [9.17, 15) is 18.0 Å². The Morgan fingerprint density at radius 2 is 1.77 bits per heavy atom. The Bertz CT molecular complexity index is 636. The highest BCUT2D eigenvalue weighted by atomic mass is 19.4. The van der Waals surface area contributed by atoms with Crippen LogP contribution in [0.15, 0.2) is 24.3 Å². The number of esters is 1. The molecule has 0 saturated heterocycles. The van der Waals surface area contributed by atoms with E-state index in [-0.39, 0.29) is 23.9 Å². The average Bonchev–Trinajstić information content (AvgIpc) is 3.34. The number of alkyl halides is 3. The highest BCUT2D eigenvalue weighted by molar-refractivity contribution is 5.77. The van der Waals surface area contributed by atoms with E-state index in [1.54, 1.807) is 0 Å². The van der Waals surface area contributed by atoms with E-state index in [0.717, 1.165) is 30.5 Å². The lowest BCUT2D eigenvalue weighted by Crippen LogP contribution is -2.36. The van der Waals surface area contributed by atoms with Gasteiger partial charge in [-0.15, -0.1) is 0 Å². The molecule has 144 valence electrons. The molecule has 1 aromatic rings. The number of hydrogen-bond donors (Lipinski definition) is 0. The van der Waals surface area contributed by atoms with Gasteiger partial charge in [-0.2, -0.15) is 13.2 Å². The summed E-state index contributed by atoms with van der Waals surface area (Å²) in [6, 6.07) is 5.15. The van der Waals surface area contributed by atoms with Crippen LogP contribution in [0.25, 0.3) is 0 Å². The number of carbonyl (C=O) groups is 1. The average molecular weight is 368 g/mol. The van der Waals surface area contributed by atoms with Crippen LogP contribution in [0.3, 0.4) is 0 Å². The molecule has 5 heteroatoms. The minimum absolute atomic E-state index is 0.0108. The maximum absolute atomic E-state index is 12.7. The molecule has 0 radical (unpaired) electrons. The van der Waals surface area contributed by atoms with Crippen LogP contribution in [0.2, 0.25) is 0 Å². The summed E-state index contributed by atoms with van der Waals surface area (Å²) < 4.78 is 43.9. The first kappa shape index (κ1) is 19.2. The fourth-order valence-corrected chi connectivity index (χ4v) is 4.23. The second-order valence-electron chi connectivity index (χ2n) is 8.37. The van der Waals surface area contributed by atoms with Crippen LogP contribution in [-0.2, 0) is 15.7 Å². The van der Waals surface area contributed by atoms with E-state index >= 15 is 0 Å².